The minimum atomic E-state index is -0.244. The van der Waals surface area contributed by atoms with Crippen LogP contribution in [0.4, 0.5) is 0 Å². The van der Waals surface area contributed by atoms with Crippen molar-refractivity contribution in [2.75, 3.05) is 6.54 Å². The predicted octanol–water partition coefficient (Wildman–Crippen LogP) is 4.61. The van der Waals surface area contributed by atoms with Gasteiger partial charge in [0.05, 0.1) is 30.1 Å². The molecular weight excluding hydrogens is 402 g/mol. The third kappa shape index (κ3) is 4.09. The van der Waals surface area contributed by atoms with Gasteiger partial charge in [-0.2, -0.15) is 0 Å². The summed E-state index contributed by atoms with van der Waals surface area (Å²) in [5.74, 6) is 0.387. The molecule has 0 aliphatic carbocycles. The van der Waals surface area contributed by atoms with Gasteiger partial charge in [0, 0.05) is 22.5 Å². The standard InChI is InChI=1S/C23H22ClN3O3/c1-3-8-27(12-21-25-19-11-16(24)5-7-18(19)23(29)26-21)22(28)10-15-13-30-20-9-14(2)4-6-17(15)20/h4-7,9,11,13H,3,8,10,12H2,1-2H3,(H,25,26,29). The number of halogens is 1. The van der Waals surface area contributed by atoms with Gasteiger partial charge in [0.2, 0.25) is 5.91 Å². The zero-order valence-corrected chi connectivity index (χ0v) is 17.6. The lowest BCUT2D eigenvalue weighted by molar-refractivity contribution is -0.131. The second kappa shape index (κ2) is 8.32. The number of hydrogen-bond donors (Lipinski definition) is 1. The molecule has 0 aliphatic heterocycles. The molecule has 0 saturated carbocycles. The molecule has 0 spiro atoms. The Balaban J connectivity index is 1.59. The molecule has 0 atom stereocenters. The molecule has 154 valence electrons. The van der Waals surface area contributed by atoms with Gasteiger partial charge < -0.3 is 14.3 Å². The summed E-state index contributed by atoms with van der Waals surface area (Å²) in [5, 5.41) is 1.92. The van der Waals surface area contributed by atoms with Crippen molar-refractivity contribution in [1.82, 2.24) is 14.9 Å². The SMILES string of the molecule is CCCN(Cc1nc2cc(Cl)ccc2c(=O)[nH]1)C(=O)Cc1coc2cc(C)ccc12. The van der Waals surface area contributed by atoms with Crippen molar-refractivity contribution in [3.8, 4) is 0 Å². The lowest BCUT2D eigenvalue weighted by Gasteiger charge is -2.21. The number of benzene rings is 2. The van der Waals surface area contributed by atoms with E-state index in [1.54, 1.807) is 29.4 Å². The number of fused-ring (bicyclic) bond motifs is 2. The minimum Gasteiger partial charge on any atom is -0.464 e. The quantitative estimate of drug-likeness (QED) is 0.491. The van der Waals surface area contributed by atoms with Gasteiger partial charge in [0.1, 0.15) is 11.4 Å². The maximum atomic E-state index is 13.1. The highest BCUT2D eigenvalue weighted by molar-refractivity contribution is 6.31. The highest BCUT2D eigenvalue weighted by atomic mass is 35.5. The Labute approximate surface area is 178 Å². The molecule has 0 saturated heterocycles. The van der Waals surface area contributed by atoms with Gasteiger partial charge in [-0.15, -0.1) is 0 Å². The summed E-state index contributed by atoms with van der Waals surface area (Å²) >= 11 is 6.04. The molecule has 2 aromatic carbocycles. The Bertz CT molecular complexity index is 1290. The van der Waals surface area contributed by atoms with E-state index in [4.69, 9.17) is 16.0 Å². The Morgan fingerprint density at radius 2 is 2.00 bits per heavy atom. The average Bonchev–Trinajstić information content (AvgIpc) is 3.09. The molecule has 4 rings (SSSR count). The van der Waals surface area contributed by atoms with Crippen LogP contribution in [0.5, 0.6) is 0 Å². The minimum absolute atomic E-state index is 0.0473. The van der Waals surface area contributed by atoms with Crippen LogP contribution >= 0.6 is 11.6 Å². The second-order valence-electron chi connectivity index (χ2n) is 7.43. The number of aryl methyl sites for hydroxylation is 1. The summed E-state index contributed by atoms with van der Waals surface area (Å²) in [7, 11) is 0. The number of H-pyrrole nitrogens is 1. The fourth-order valence-electron chi connectivity index (χ4n) is 3.58. The van der Waals surface area contributed by atoms with E-state index in [2.05, 4.69) is 9.97 Å². The molecule has 1 N–H and O–H groups in total. The van der Waals surface area contributed by atoms with Crippen LogP contribution in [0.3, 0.4) is 0 Å². The number of carbonyl (C=O) groups is 1. The zero-order chi connectivity index (χ0) is 21.3. The van der Waals surface area contributed by atoms with Crippen molar-refractivity contribution in [2.45, 2.75) is 33.2 Å². The number of rotatable bonds is 6. The second-order valence-corrected chi connectivity index (χ2v) is 7.86. The van der Waals surface area contributed by atoms with E-state index in [-0.39, 0.29) is 24.4 Å². The number of nitrogens with zero attached hydrogens (tertiary/aromatic N) is 2. The van der Waals surface area contributed by atoms with Crippen LogP contribution in [0.1, 0.15) is 30.3 Å². The van der Waals surface area contributed by atoms with Crippen LogP contribution in [0.25, 0.3) is 21.9 Å². The highest BCUT2D eigenvalue weighted by Crippen LogP contribution is 2.23. The number of furan rings is 1. The number of carbonyl (C=O) groups excluding carboxylic acids is 1. The van der Waals surface area contributed by atoms with Crippen molar-refractivity contribution < 1.29 is 9.21 Å². The maximum Gasteiger partial charge on any atom is 0.258 e. The molecule has 30 heavy (non-hydrogen) atoms. The van der Waals surface area contributed by atoms with Gasteiger partial charge in [0.25, 0.3) is 5.56 Å². The van der Waals surface area contributed by atoms with Crippen LogP contribution in [0, 0.1) is 6.92 Å². The van der Waals surface area contributed by atoms with E-state index < -0.39 is 0 Å². The number of aromatic amines is 1. The van der Waals surface area contributed by atoms with E-state index in [0.29, 0.717) is 28.3 Å². The lowest BCUT2D eigenvalue weighted by atomic mass is 10.1. The molecule has 2 heterocycles. The fourth-order valence-corrected chi connectivity index (χ4v) is 3.75. The first kappa shape index (κ1) is 20.2. The molecular formula is C23H22ClN3O3. The monoisotopic (exact) mass is 423 g/mol. The lowest BCUT2D eigenvalue weighted by Crippen LogP contribution is -2.33. The molecule has 7 heteroatoms. The van der Waals surface area contributed by atoms with Crippen molar-refractivity contribution in [1.29, 1.82) is 0 Å². The molecule has 2 aromatic heterocycles. The maximum absolute atomic E-state index is 13.1. The molecule has 0 aliphatic rings. The molecule has 0 unspecified atom stereocenters. The van der Waals surface area contributed by atoms with E-state index in [1.165, 1.54) is 0 Å². The fraction of sp³-hybridized carbons (Fsp3) is 0.261. The Morgan fingerprint density at radius 3 is 2.80 bits per heavy atom. The van der Waals surface area contributed by atoms with E-state index in [1.807, 2.05) is 32.0 Å². The van der Waals surface area contributed by atoms with Gasteiger partial charge in [-0.3, -0.25) is 9.59 Å². The smallest absolute Gasteiger partial charge is 0.258 e. The van der Waals surface area contributed by atoms with Crippen molar-refractivity contribution in [3.63, 3.8) is 0 Å². The van der Waals surface area contributed by atoms with Crippen molar-refractivity contribution in [3.05, 3.63) is 75.0 Å². The van der Waals surface area contributed by atoms with Crippen LogP contribution in [0.15, 0.2) is 51.9 Å². The Kier molecular flexibility index (Phi) is 5.59. The first-order chi connectivity index (χ1) is 14.4. The normalized spacial score (nSPS) is 11.3. The third-order valence-corrected chi connectivity index (χ3v) is 5.29. The molecule has 0 fully saturated rings. The average molecular weight is 424 g/mol. The van der Waals surface area contributed by atoms with E-state index in [9.17, 15) is 9.59 Å². The molecule has 0 radical (unpaired) electrons. The zero-order valence-electron chi connectivity index (χ0n) is 16.9. The summed E-state index contributed by atoms with van der Waals surface area (Å²) in [6.45, 7) is 4.79. The van der Waals surface area contributed by atoms with Crippen LogP contribution < -0.4 is 5.56 Å². The van der Waals surface area contributed by atoms with Crippen LogP contribution in [0.2, 0.25) is 5.02 Å². The first-order valence-corrected chi connectivity index (χ1v) is 10.3. The van der Waals surface area contributed by atoms with Gasteiger partial charge in [-0.05, 0) is 43.2 Å². The number of nitrogens with one attached hydrogen (secondary N) is 1. The molecule has 6 nitrogen and oxygen atoms in total. The summed E-state index contributed by atoms with van der Waals surface area (Å²) in [6.07, 6.45) is 2.66. The van der Waals surface area contributed by atoms with Crippen molar-refractivity contribution in [2.24, 2.45) is 0 Å². The number of amides is 1. The van der Waals surface area contributed by atoms with Gasteiger partial charge in [-0.1, -0.05) is 30.7 Å². The third-order valence-electron chi connectivity index (χ3n) is 5.06. The van der Waals surface area contributed by atoms with E-state index in [0.717, 1.165) is 28.5 Å². The first-order valence-electron chi connectivity index (χ1n) is 9.87. The van der Waals surface area contributed by atoms with Crippen LogP contribution in [-0.4, -0.2) is 27.3 Å². The Morgan fingerprint density at radius 1 is 1.20 bits per heavy atom. The number of aromatic nitrogens is 2. The van der Waals surface area contributed by atoms with Crippen molar-refractivity contribution >= 4 is 39.4 Å². The van der Waals surface area contributed by atoms with Gasteiger partial charge >= 0.3 is 0 Å². The van der Waals surface area contributed by atoms with Gasteiger partial charge in [0.15, 0.2) is 0 Å². The summed E-state index contributed by atoms with van der Waals surface area (Å²) in [4.78, 5) is 34.5. The topological polar surface area (TPSA) is 79.2 Å². The highest BCUT2D eigenvalue weighted by Gasteiger charge is 2.18. The molecule has 4 aromatic rings. The summed E-state index contributed by atoms with van der Waals surface area (Å²) in [5.41, 5.74) is 3.00. The Hall–Kier alpha value is -3.12. The molecule has 0 bridgehead atoms. The largest absolute Gasteiger partial charge is 0.464 e. The molecule has 1 amide bonds. The van der Waals surface area contributed by atoms with Crippen LogP contribution in [-0.2, 0) is 17.8 Å². The number of hydrogen-bond acceptors (Lipinski definition) is 4. The van der Waals surface area contributed by atoms with Gasteiger partial charge in [-0.25, -0.2) is 4.98 Å². The summed E-state index contributed by atoms with van der Waals surface area (Å²) in [6, 6.07) is 10.9. The van der Waals surface area contributed by atoms with E-state index >= 15 is 0 Å². The predicted molar refractivity (Wildman–Crippen MR) is 118 cm³/mol. The summed E-state index contributed by atoms with van der Waals surface area (Å²) < 4.78 is 5.62.